The minimum Gasteiger partial charge on any atom is -0.495 e. The summed E-state index contributed by atoms with van der Waals surface area (Å²) in [7, 11) is 1.64. The summed E-state index contributed by atoms with van der Waals surface area (Å²) < 4.78 is 5.35. The first-order valence-corrected chi connectivity index (χ1v) is 5.90. The van der Waals surface area contributed by atoms with Crippen molar-refractivity contribution >= 4 is 16.9 Å². The van der Waals surface area contributed by atoms with Gasteiger partial charge in [0, 0.05) is 11.1 Å². The summed E-state index contributed by atoms with van der Waals surface area (Å²) in [6.45, 7) is 4.03. The fourth-order valence-corrected chi connectivity index (χ4v) is 2.23. The zero-order chi connectivity index (χ0) is 13.3. The lowest BCUT2D eigenvalue weighted by atomic mass is 10.1. The largest absolute Gasteiger partial charge is 0.495 e. The maximum atomic E-state index is 10.6. The summed E-state index contributed by atoms with van der Waals surface area (Å²) in [5, 5.41) is 9.85. The average molecular weight is 247 g/mol. The molecule has 2 rings (SSSR count). The zero-order valence-electron chi connectivity index (χ0n) is 10.8. The number of hydrogen-bond donors (Lipinski definition) is 2. The summed E-state index contributed by atoms with van der Waals surface area (Å²) in [4.78, 5) is 13.9. The molecule has 1 aromatic heterocycles. The lowest BCUT2D eigenvalue weighted by Gasteiger charge is -2.03. The summed E-state index contributed by atoms with van der Waals surface area (Å²) in [5.74, 6) is 0.0193. The molecule has 0 saturated carbocycles. The number of carboxylic acids is 1. The molecule has 0 aliphatic heterocycles. The van der Waals surface area contributed by atoms with E-state index in [1.54, 1.807) is 7.11 Å². The Kier molecular flexibility index (Phi) is 3.28. The number of methoxy groups -OCH3 is 1. The summed E-state index contributed by atoms with van der Waals surface area (Å²) >= 11 is 0. The van der Waals surface area contributed by atoms with Crippen molar-refractivity contribution in [1.29, 1.82) is 0 Å². The van der Waals surface area contributed by atoms with Gasteiger partial charge in [-0.2, -0.15) is 0 Å². The van der Waals surface area contributed by atoms with E-state index in [1.807, 2.05) is 19.9 Å². The van der Waals surface area contributed by atoms with E-state index in [-0.39, 0.29) is 6.42 Å². The third-order valence-electron chi connectivity index (χ3n) is 3.19. The Hall–Kier alpha value is -1.97. The first-order valence-electron chi connectivity index (χ1n) is 5.90. The highest BCUT2D eigenvalue weighted by molar-refractivity contribution is 5.90. The predicted molar refractivity (Wildman–Crippen MR) is 70.3 cm³/mol. The molecule has 0 spiro atoms. The molecule has 18 heavy (non-hydrogen) atoms. The van der Waals surface area contributed by atoms with E-state index >= 15 is 0 Å². The van der Waals surface area contributed by atoms with Crippen molar-refractivity contribution in [3.63, 3.8) is 0 Å². The van der Waals surface area contributed by atoms with Crippen molar-refractivity contribution in [2.24, 2.45) is 0 Å². The molecule has 2 N–H and O–H groups in total. The van der Waals surface area contributed by atoms with Gasteiger partial charge in [0.15, 0.2) is 0 Å². The van der Waals surface area contributed by atoms with Crippen LogP contribution >= 0.6 is 0 Å². The lowest BCUT2D eigenvalue weighted by molar-refractivity contribution is -0.136. The second-order valence-corrected chi connectivity index (χ2v) is 4.51. The van der Waals surface area contributed by atoms with Crippen molar-refractivity contribution in [3.05, 3.63) is 29.0 Å². The SMILES string of the molecule is COc1cc(C)cc2c(C)c(CCC(=O)O)[nH]c12. The maximum absolute atomic E-state index is 10.6. The Balaban J connectivity index is 2.51. The molecule has 96 valence electrons. The normalized spacial score (nSPS) is 10.8. The number of carbonyl (C=O) groups is 1. The predicted octanol–water partition coefficient (Wildman–Crippen LogP) is 2.81. The second kappa shape index (κ2) is 4.72. The van der Waals surface area contributed by atoms with E-state index in [1.165, 1.54) is 0 Å². The monoisotopic (exact) mass is 247 g/mol. The summed E-state index contributed by atoms with van der Waals surface area (Å²) in [5.41, 5.74) is 4.15. The Morgan fingerprint density at radius 2 is 2.11 bits per heavy atom. The first kappa shape index (κ1) is 12.5. The van der Waals surface area contributed by atoms with Crippen LogP contribution < -0.4 is 4.74 Å². The van der Waals surface area contributed by atoms with E-state index in [0.717, 1.165) is 33.5 Å². The number of aromatic amines is 1. The highest BCUT2D eigenvalue weighted by Gasteiger charge is 2.12. The fourth-order valence-electron chi connectivity index (χ4n) is 2.23. The van der Waals surface area contributed by atoms with Crippen molar-refractivity contribution in [3.8, 4) is 5.75 Å². The number of hydrogen-bond acceptors (Lipinski definition) is 2. The number of H-pyrrole nitrogens is 1. The topological polar surface area (TPSA) is 62.3 Å². The van der Waals surface area contributed by atoms with Crippen LogP contribution in [0.15, 0.2) is 12.1 Å². The van der Waals surface area contributed by atoms with E-state index in [2.05, 4.69) is 11.1 Å². The molecule has 4 nitrogen and oxygen atoms in total. The molecule has 1 heterocycles. The number of carboxylic acid groups (broad SMARTS) is 1. The Morgan fingerprint density at radius 3 is 2.72 bits per heavy atom. The molecule has 0 aliphatic carbocycles. The molecule has 0 bridgehead atoms. The Bertz CT molecular complexity index is 599. The Morgan fingerprint density at radius 1 is 1.39 bits per heavy atom. The highest BCUT2D eigenvalue weighted by Crippen LogP contribution is 2.31. The molecule has 1 aromatic carbocycles. The summed E-state index contributed by atoms with van der Waals surface area (Å²) in [6, 6.07) is 4.06. The van der Waals surface area contributed by atoms with Crippen molar-refractivity contribution in [1.82, 2.24) is 4.98 Å². The molecular weight excluding hydrogens is 230 g/mol. The molecule has 0 fully saturated rings. The molecular formula is C14H17NO3. The molecule has 0 radical (unpaired) electrons. The van der Waals surface area contributed by atoms with Gasteiger partial charge in [-0.3, -0.25) is 4.79 Å². The number of rotatable bonds is 4. The second-order valence-electron chi connectivity index (χ2n) is 4.51. The number of benzene rings is 1. The number of ether oxygens (including phenoxy) is 1. The minimum atomic E-state index is -0.781. The van der Waals surface area contributed by atoms with E-state index < -0.39 is 5.97 Å². The molecule has 0 atom stereocenters. The standard InChI is InChI=1S/C14H17NO3/c1-8-6-10-9(2)11(4-5-13(16)17)15-14(10)12(7-8)18-3/h6-7,15H,4-5H2,1-3H3,(H,16,17). The number of aliphatic carboxylic acids is 1. The van der Waals surface area contributed by atoms with E-state index in [0.29, 0.717) is 6.42 Å². The van der Waals surface area contributed by atoms with Gasteiger partial charge in [-0.1, -0.05) is 0 Å². The zero-order valence-corrected chi connectivity index (χ0v) is 10.8. The number of fused-ring (bicyclic) bond motifs is 1. The van der Waals surface area contributed by atoms with Crippen LogP contribution in [-0.2, 0) is 11.2 Å². The average Bonchev–Trinajstić information content (AvgIpc) is 2.63. The lowest BCUT2D eigenvalue weighted by Crippen LogP contribution is -1.98. The molecule has 0 aliphatic rings. The Labute approximate surface area is 106 Å². The van der Waals surface area contributed by atoms with Crippen molar-refractivity contribution in [2.45, 2.75) is 26.7 Å². The van der Waals surface area contributed by atoms with Crippen LogP contribution in [0.5, 0.6) is 5.75 Å². The van der Waals surface area contributed by atoms with Gasteiger partial charge in [-0.25, -0.2) is 0 Å². The molecule has 0 unspecified atom stereocenters. The van der Waals surface area contributed by atoms with Gasteiger partial charge in [0.05, 0.1) is 19.0 Å². The van der Waals surface area contributed by atoms with Crippen LogP contribution in [0.25, 0.3) is 10.9 Å². The fraction of sp³-hybridized carbons (Fsp3) is 0.357. The quantitative estimate of drug-likeness (QED) is 0.873. The first-order chi connectivity index (χ1) is 8.52. The van der Waals surface area contributed by atoms with Gasteiger partial charge in [0.25, 0.3) is 0 Å². The van der Waals surface area contributed by atoms with Gasteiger partial charge in [-0.15, -0.1) is 0 Å². The molecule has 0 amide bonds. The van der Waals surface area contributed by atoms with E-state index in [4.69, 9.17) is 9.84 Å². The van der Waals surface area contributed by atoms with Crippen LogP contribution in [0.1, 0.15) is 23.2 Å². The maximum Gasteiger partial charge on any atom is 0.303 e. The number of aryl methyl sites for hydroxylation is 3. The van der Waals surface area contributed by atoms with Crippen LogP contribution in [0.2, 0.25) is 0 Å². The van der Waals surface area contributed by atoms with Crippen LogP contribution in [0.3, 0.4) is 0 Å². The number of aromatic nitrogens is 1. The summed E-state index contributed by atoms with van der Waals surface area (Å²) in [6.07, 6.45) is 0.646. The molecule has 0 saturated heterocycles. The van der Waals surface area contributed by atoms with Crippen molar-refractivity contribution < 1.29 is 14.6 Å². The third kappa shape index (κ3) is 2.18. The van der Waals surface area contributed by atoms with Gasteiger partial charge in [0.2, 0.25) is 0 Å². The molecule has 4 heteroatoms. The van der Waals surface area contributed by atoms with Crippen LogP contribution in [0.4, 0.5) is 0 Å². The van der Waals surface area contributed by atoms with Crippen LogP contribution in [-0.4, -0.2) is 23.2 Å². The van der Waals surface area contributed by atoms with Gasteiger partial charge in [-0.05, 0) is 43.5 Å². The van der Waals surface area contributed by atoms with Crippen molar-refractivity contribution in [2.75, 3.05) is 7.11 Å². The van der Waals surface area contributed by atoms with Crippen LogP contribution in [0, 0.1) is 13.8 Å². The highest BCUT2D eigenvalue weighted by atomic mass is 16.5. The minimum absolute atomic E-state index is 0.134. The van der Waals surface area contributed by atoms with Gasteiger partial charge < -0.3 is 14.8 Å². The van der Waals surface area contributed by atoms with E-state index in [9.17, 15) is 4.79 Å². The van der Waals surface area contributed by atoms with Gasteiger partial charge >= 0.3 is 5.97 Å². The number of nitrogens with one attached hydrogen (secondary N) is 1. The van der Waals surface area contributed by atoms with Gasteiger partial charge in [0.1, 0.15) is 5.75 Å². The third-order valence-corrected chi connectivity index (χ3v) is 3.19. The molecule has 2 aromatic rings. The smallest absolute Gasteiger partial charge is 0.303 e.